The van der Waals surface area contributed by atoms with Crippen LogP contribution < -0.4 is 11.1 Å². The summed E-state index contributed by atoms with van der Waals surface area (Å²) in [7, 11) is 0. The molecule has 0 radical (unpaired) electrons. The summed E-state index contributed by atoms with van der Waals surface area (Å²) in [6, 6.07) is 10.7. The van der Waals surface area contributed by atoms with Gasteiger partial charge in [-0.15, -0.1) is 11.3 Å². The maximum atomic E-state index is 11.9. The van der Waals surface area contributed by atoms with Crippen molar-refractivity contribution in [1.82, 2.24) is 5.32 Å². The SMILES string of the molecule is NC(C(=O)NCc1cc(Br)cs1)c1ccccc1. The van der Waals surface area contributed by atoms with E-state index in [1.54, 1.807) is 11.3 Å². The molecule has 1 atom stereocenters. The van der Waals surface area contributed by atoms with Crippen LogP contribution in [-0.2, 0) is 11.3 Å². The molecule has 94 valence electrons. The number of halogens is 1. The van der Waals surface area contributed by atoms with E-state index in [0.29, 0.717) is 6.54 Å². The number of hydrogen-bond acceptors (Lipinski definition) is 3. The smallest absolute Gasteiger partial charge is 0.241 e. The normalized spacial score (nSPS) is 12.1. The molecule has 1 aromatic heterocycles. The molecule has 1 heterocycles. The van der Waals surface area contributed by atoms with Gasteiger partial charge in [-0.2, -0.15) is 0 Å². The molecule has 5 heteroatoms. The zero-order valence-corrected chi connectivity index (χ0v) is 12.0. The zero-order chi connectivity index (χ0) is 13.0. The molecule has 0 saturated carbocycles. The minimum Gasteiger partial charge on any atom is -0.350 e. The zero-order valence-electron chi connectivity index (χ0n) is 9.60. The summed E-state index contributed by atoms with van der Waals surface area (Å²) in [6.45, 7) is 0.510. The molecule has 0 bridgehead atoms. The monoisotopic (exact) mass is 324 g/mol. The van der Waals surface area contributed by atoms with Crippen molar-refractivity contribution >= 4 is 33.2 Å². The third-order valence-corrected chi connectivity index (χ3v) is 4.20. The third kappa shape index (κ3) is 3.41. The van der Waals surface area contributed by atoms with Gasteiger partial charge < -0.3 is 11.1 Å². The van der Waals surface area contributed by atoms with Gasteiger partial charge in [0.05, 0.1) is 6.54 Å². The topological polar surface area (TPSA) is 55.1 Å². The van der Waals surface area contributed by atoms with E-state index in [1.807, 2.05) is 41.8 Å². The van der Waals surface area contributed by atoms with Crippen LogP contribution in [-0.4, -0.2) is 5.91 Å². The van der Waals surface area contributed by atoms with Crippen molar-refractivity contribution in [2.24, 2.45) is 5.73 Å². The van der Waals surface area contributed by atoms with E-state index in [9.17, 15) is 4.79 Å². The van der Waals surface area contributed by atoms with Crippen LogP contribution in [0.5, 0.6) is 0 Å². The molecule has 1 aromatic carbocycles. The average Bonchev–Trinajstić information content (AvgIpc) is 2.82. The number of amides is 1. The average molecular weight is 325 g/mol. The molecule has 0 spiro atoms. The maximum Gasteiger partial charge on any atom is 0.241 e. The lowest BCUT2D eigenvalue weighted by Crippen LogP contribution is -2.33. The molecule has 0 aliphatic carbocycles. The molecule has 18 heavy (non-hydrogen) atoms. The van der Waals surface area contributed by atoms with Gasteiger partial charge in [-0.05, 0) is 27.6 Å². The maximum absolute atomic E-state index is 11.9. The van der Waals surface area contributed by atoms with Crippen LogP contribution in [0.15, 0.2) is 46.3 Å². The Kier molecular flexibility index (Phi) is 4.52. The first-order valence-corrected chi connectivity index (χ1v) is 7.15. The molecular formula is C13H13BrN2OS. The molecule has 1 unspecified atom stereocenters. The van der Waals surface area contributed by atoms with Gasteiger partial charge >= 0.3 is 0 Å². The predicted molar refractivity (Wildman–Crippen MR) is 77.2 cm³/mol. The summed E-state index contributed by atoms with van der Waals surface area (Å²) in [4.78, 5) is 13.0. The van der Waals surface area contributed by atoms with E-state index < -0.39 is 6.04 Å². The van der Waals surface area contributed by atoms with Crippen molar-refractivity contribution in [1.29, 1.82) is 0 Å². The summed E-state index contributed by atoms with van der Waals surface area (Å²) in [5.41, 5.74) is 6.71. The van der Waals surface area contributed by atoms with Crippen LogP contribution in [0.25, 0.3) is 0 Å². The number of rotatable bonds is 4. The Bertz CT molecular complexity index is 527. The number of thiophene rings is 1. The molecular weight excluding hydrogens is 312 g/mol. The largest absolute Gasteiger partial charge is 0.350 e. The molecule has 3 nitrogen and oxygen atoms in total. The number of nitrogens with two attached hydrogens (primary N) is 1. The summed E-state index contributed by atoms with van der Waals surface area (Å²) in [5, 5.41) is 4.82. The highest BCUT2D eigenvalue weighted by molar-refractivity contribution is 9.10. The predicted octanol–water partition coefficient (Wildman–Crippen LogP) is 2.83. The second-order valence-electron chi connectivity index (χ2n) is 3.84. The van der Waals surface area contributed by atoms with E-state index in [0.717, 1.165) is 14.9 Å². The first-order chi connectivity index (χ1) is 8.66. The van der Waals surface area contributed by atoms with Gasteiger partial charge in [0, 0.05) is 14.7 Å². The van der Waals surface area contributed by atoms with Gasteiger partial charge in [0.1, 0.15) is 6.04 Å². The Morgan fingerprint density at radius 2 is 2.11 bits per heavy atom. The summed E-state index contributed by atoms with van der Waals surface area (Å²) >= 11 is 4.97. The number of carbonyl (C=O) groups is 1. The third-order valence-electron chi connectivity index (χ3n) is 2.50. The fraction of sp³-hybridized carbons (Fsp3) is 0.154. The van der Waals surface area contributed by atoms with Crippen molar-refractivity contribution in [3.05, 3.63) is 56.7 Å². The second kappa shape index (κ2) is 6.13. The Balaban J connectivity index is 1.92. The molecule has 0 saturated heterocycles. The highest BCUT2D eigenvalue weighted by atomic mass is 79.9. The van der Waals surface area contributed by atoms with Crippen molar-refractivity contribution in [3.8, 4) is 0 Å². The summed E-state index contributed by atoms with van der Waals surface area (Å²) in [6.07, 6.45) is 0. The quantitative estimate of drug-likeness (QED) is 0.908. The fourth-order valence-electron chi connectivity index (χ4n) is 1.54. The summed E-state index contributed by atoms with van der Waals surface area (Å²) < 4.78 is 1.03. The van der Waals surface area contributed by atoms with Gasteiger partial charge in [-0.1, -0.05) is 30.3 Å². The van der Waals surface area contributed by atoms with Crippen molar-refractivity contribution in [3.63, 3.8) is 0 Å². The lowest BCUT2D eigenvalue weighted by atomic mass is 10.1. The van der Waals surface area contributed by atoms with E-state index in [4.69, 9.17) is 5.73 Å². The highest BCUT2D eigenvalue weighted by Gasteiger charge is 2.14. The Morgan fingerprint density at radius 1 is 1.39 bits per heavy atom. The van der Waals surface area contributed by atoms with Gasteiger partial charge in [0.15, 0.2) is 0 Å². The van der Waals surface area contributed by atoms with Crippen LogP contribution >= 0.6 is 27.3 Å². The van der Waals surface area contributed by atoms with Crippen molar-refractivity contribution < 1.29 is 4.79 Å². The Morgan fingerprint density at radius 3 is 2.72 bits per heavy atom. The number of carbonyl (C=O) groups excluding carboxylic acids is 1. The van der Waals surface area contributed by atoms with Gasteiger partial charge in [0.2, 0.25) is 5.91 Å². The molecule has 1 amide bonds. The van der Waals surface area contributed by atoms with Gasteiger partial charge in [-0.25, -0.2) is 0 Å². The van der Waals surface area contributed by atoms with Gasteiger partial charge in [-0.3, -0.25) is 4.79 Å². The molecule has 2 rings (SSSR count). The van der Waals surface area contributed by atoms with Crippen LogP contribution in [0.2, 0.25) is 0 Å². The first kappa shape index (κ1) is 13.3. The van der Waals surface area contributed by atoms with Crippen LogP contribution in [0.3, 0.4) is 0 Å². The van der Waals surface area contributed by atoms with E-state index >= 15 is 0 Å². The number of nitrogens with one attached hydrogen (secondary N) is 1. The molecule has 3 N–H and O–H groups in total. The molecule has 0 aliphatic rings. The number of hydrogen-bond donors (Lipinski definition) is 2. The van der Waals surface area contributed by atoms with Crippen molar-refractivity contribution in [2.75, 3.05) is 0 Å². The van der Waals surface area contributed by atoms with E-state index in [2.05, 4.69) is 21.2 Å². The lowest BCUT2D eigenvalue weighted by Gasteiger charge is -2.11. The Hall–Kier alpha value is -1.17. The highest BCUT2D eigenvalue weighted by Crippen LogP contribution is 2.19. The van der Waals surface area contributed by atoms with Gasteiger partial charge in [0.25, 0.3) is 0 Å². The van der Waals surface area contributed by atoms with Crippen molar-refractivity contribution in [2.45, 2.75) is 12.6 Å². The Labute approximate surface area is 118 Å². The number of benzene rings is 1. The molecule has 0 fully saturated rings. The minimum atomic E-state index is -0.616. The first-order valence-electron chi connectivity index (χ1n) is 5.48. The van der Waals surface area contributed by atoms with Crippen LogP contribution in [0.1, 0.15) is 16.5 Å². The van der Waals surface area contributed by atoms with Crippen LogP contribution in [0.4, 0.5) is 0 Å². The molecule has 0 aliphatic heterocycles. The fourth-order valence-corrected chi connectivity index (χ4v) is 2.93. The minimum absolute atomic E-state index is 0.161. The lowest BCUT2D eigenvalue weighted by molar-refractivity contribution is -0.122. The second-order valence-corrected chi connectivity index (χ2v) is 5.75. The standard InChI is InChI=1S/C13H13BrN2OS/c14-10-6-11(18-8-10)7-16-13(17)12(15)9-4-2-1-3-5-9/h1-6,8,12H,7,15H2,(H,16,17). The van der Waals surface area contributed by atoms with E-state index in [1.165, 1.54) is 0 Å². The van der Waals surface area contributed by atoms with Crippen LogP contribution in [0, 0.1) is 0 Å². The molecule has 2 aromatic rings. The summed E-state index contributed by atoms with van der Waals surface area (Å²) in [5.74, 6) is -0.161. The van der Waals surface area contributed by atoms with E-state index in [-0.39, 0.29) is 5.91 Å².